The van der Waals surface area contributed by atoms with Crippen LogP contribution in [0.1, 0.15) is 13.8 Å². The van der Waals surface area contributed by atoms with Gasteiger partial charge < -0.3 is 15.0 Å². The van der Waals surface area contributed by atoms with E-state index >= 15 is 0 Å². The van der Waals surface area contributed by atoms with Gasteiger partial charge in [-0.2, -0.15) is 13.2 Å². The lowest BCUT2D eigenvalue weighted by atomic mass is 10.3. The molecule has 21 heavy (non-hydrogen) atoms. The van der Waals surface area contributed by atoms with Crippen molar-refractivity contribution in [3.8, 4) is 5.75 Å². The zero-order chi connectivity index (χ0) is 15.9. The van der Waals surface area contributed by atoms with Crippen molar-refractivity contribution in [1.29, 1.82) is 0 Å². The molecule has 1 amide bonds. The second-order valence-electron chi connectivity index (χ2n) is 4.35. The number of carbonyl (C=O) groups is 1. The van der Waals surface area contributed by atoms with E-state index in [4.69, 9.17) is 4.74 Å². The maximum Gasteiger partial charge on any atom is 0.471 e. The smallest absolute Gasteiger partial charge is 0.471 e. The Morgan fingerprint density at radius 1 is 1.19 bits per heavy atom. The Morgan fingerprint density at radius 2 is 1.76 bits per heavy atom. The molecular weight excluding hydrogens is 285 g/mol. The third kappa shape index (κ3) is 6.03. The highest BCUT2D eigenvalue weighted by Gasteiger charge is 2.38. The standard InChI is InChI=1S/C14H19F3N2O2/c1-3-19(4-2)9-10-21-12-7-5-11(6-8-12)18-13(20)14(15,16)17/h5-8H,3-4,9-10H2,1-2H3,(H,18,20). The van der Waals surface area contributed by atoms with Crippen molar-refractivity contribution in [1.82, 2.24) is 4.90 Å². The highest BCUT2D eigenvalue weighted by Crippen LogP contribution is 2.20. The summed E-state index contributed by atoms with van der Waals surface area (Å²) in [5, 5.41) is 1.77. The average molecular weight is 304 g/mol. The molecule has 7 heteroatoms. The molecule has 0 aliphatic carbocycles. The van der Waals surface area contributed by atoms with Crippen molar-refractivity contribution in [3.63, 3.8) is 0 Å². The zero-order valence-electron chi connectivity index (χ0n) is 12.0. The Morgan fingerprint density at radius 3 is 2.24 bits per heavy atom. The van der Waals surface area contributed by atoms with Crippen LogP contribution in [0.4, 0.5) is 18.9 Å². The molecule has 0 bridgehead atoms. The number of carbonyl (C=O) groups excluding carboxylic acids is 1. The van der Waals surface area contributed by atoms with Crippen LogP contribution in [-0.2, 0) is 4.79 Å². The molecule has 0 saturated heterocycles. The third-order valence-electron chi connectivity index (χ3n) is 2.94. The van der Waals surface area contributed by atoms with Gasteiger partial charge in [0.25, 0.3) is 0 Å². The summed E-state index contributed by atoms with van der Waals surface area (Å²) < 4.78 is 41.7. The van der Waals surface area contributed by atoms with Gasteiger partial charge in [0.1, 0.15) is 12.4 Å². The van der Waals surface area contributed by atoms with Crippen LogP contribution >= 0.6 is 0 Å². The van der Waals surface area contributed by atoms with Gasteiger partial charge in [0.15, 0.2) is 0 Å². The van der Waals surface area contributed by atoms with Gasteiger partial charge in [-0.25, -0.2) is 0 Å². The monoisotopic (exact) mass is 304 g/mol. The van der Waals surface area contributed by atoms with E-state index < -0.39 is 12.1 Å². The second-order valence-corrected chi connectivity index (χ2v) is 4.35. The number of likely N-dealkylation sites (N-methyl/N-ethyl adjacent to an activating group) is 1. The fourth-order valence-corrected chi connectivity index (χ4v) is 1.67. The van der Waals surface area contributed by atoms with E-state index in [9.17, 15) is 18.0 Å². The number of ether oxygens (including phenoxy) is 1. The molecule has 4 nitrogen and oxygen atoms in total. The summed E-state index contributed by atoms with van der Waals surface area (Å²) in [6, 6.07) is 5.79. The first-order valence-corrected chi connectivity index (χ1v) is 6.70. The predicted octanol–water partition coefficient (Wildman–Crippen LogP) is 2.91. The van der Waals surface area contributed by atoms with Crippen molar-refractivity contribution in [2.24, 2.45) is 0 Å². The van der Waals surface area contributed by atoms with Crippen molar-refractivity contribution < 1.29 is 22.7 Å². The topological polar surface area (TPSA) is 41.6 Å². The summed E-state index contributed by atoms with van der Waals surface area (Å²) in [7, 11) is 0. The Kier molecular flexibility index (Phi) is 6.48. The van der Waals surface area contributed by atoms with Gasteiger partial charge >= 0.3 is 12.1 Å². The zero-order valence-corrected chi connectivity index (χ0v) is 12.0. The molecule has 118 valence electrons. The lowest BCUT2D eigenvalue weighted by Crippen LogP contribution is -2.29. The Bertz CT molecular complexity index is 443. The van der Waals surface area contributed by atoms with Gasteiger partial charge in [0, 0.05) is 12.2 Å². The van der Waals surface area contributed by atoms with Gasteiger partial charge in [-0.1, -0.05) is 13.8 Å². The highest BCUT2D eigenvalue weighted by atomic mass is 19.4. The SMILES string of the molecule is CCN(CC)CCOc1ccc(NC(=O)C(F)(F)F)cc1. The van der Waals surface area contributed by atoms with Gasteiger partial charge in [-0.3, -0.25) is 4.79 Å². The fraction of sp³-hybridized carbons (Fsp3) is 0.500. The summed E-state index contributed by atoms with van der Waals surface area (Å²) >= 11 is 0. The molecule has 0 spiro atoms. The Labute approximate surface area is 121 Å². The van der Waals surface area contributed by atoms with E-state index in [1.165, 1.54) is 24.3 Å². The molecule has 0 saturated carbocycles. The molecule has 0 unspecified atom stereocenters. The van der Waals surface area contributed by atoms with Gasteiger partial charge in [0.05, 0.1) is 0 Å². The number of halogens is 3. The van der Waals surface area contributed by atoms with E-state index in [0.717, 1.165) is 19.6 Å². The molecule has 0 aliphatic heterocycles. The molecule has 0 aliphatic rings. The first kappa shape index (κ1) is 17.3. The third-order valence-corrected chi connectivity index (χ3v) is 2.94. The number of hydrogen-bond donors (Lipinski definition) is 1. The highest BCUT2D eigenvalue weighted by molar-refractivity contribution is 5.94. The maximum absolute atomic E-state index is 12.1. The quantitative estimate of drug-likeness (QED) is 0.842. The van der Waals surface area contributed by atoms with E-state index in [0.29, 0.717) is 12.4 Å². The molecule has 1 aromatic carbocycles. The molecule has 0 heterocycles. The summed E-state index contributed by atoms with van der Waals surface area (Å²) in [5.74, 6) is -1.44. The number of anilines is 1. The van der Waals surface area contributed by atoms with E-state index in [2.05, 4.69) is 18.7 Å². The number of alkyl halides is 3. The Hall–Kier alpha value is -1.76. The lowest BCUT2D eigenvalue weighted by Gasteiger charge is -2.18. The molecule has 0 aromatic heterocycles. The van der Waals surface area contributed by atoms with Crippen molar-refractivity contribution in [2.45, 2.75) is 20.0 Å². The lowest BCUT2D eigenvalue weighted by molar-refractivity contribution is -0.167. The van der Waals surface area contributed by atoms with E-state index in [1.807, 2.05) is 0 Å². The van der Waals surface area contributed by atoms with Gasteiger partial charge in [0.2, 0.25) is 0 Å². The molecule has 0 fully saturated rings. The summed E-state index contributed by atoms with van der Waals surface area (Å²) in [4.78, 5) is 13.0. The van der Waals surface area contributed by atoms with Gasteiger partial charge in [-0.05, 0) is 37.4 Å². The summed E-state index contributed by atoms with van der Waals surface area (Å²) in [6.45, 7) is 7.25. The van der Waals surface area contributed by atoms with Crippen molar-refractivity contribution in [2.75, 3.05) is 31.6 Å². The number of amides is 1. The molecule has 0 atom stereocenters. The largest absolute Gasteiger partial charge is 0.492 e. The minimum atomic E-state index is -4.89. The van der Waals surface area contributed by atoms with Crippen molar-refractivity contribution in [3.05, 3.63) is 24.3 Å². The van der Waals surface area contributed by atoms with E-state index in [1.54, 1.807) is 5.32 Å². The molecule has 0 radical (unpaired) electrons. The predicted molar refractivity (Wildman–Crippen MR) is 74.4 cm³/mol. The first-order valence-electron chi connectivity index (χ1n) is 6.70. The normalized spacial score (nSPS) is 11.5. The fourth-order valence-electron chi connectivity index (χ4n) is 1.67. The molecule has 1 rings (SSSR count). The number of benzene rings is 1. The van der Waals surface area contributed by atoms with Crippen LogP contribution < -0.4 is 10.1 Å². The van der Waals surface area contributed by atoms with E-state index in [-0.39, 0.29) is 5.69 Å². The minimum Gasteiger partial charge on any atom is -0.492 e. The average Bonchev–Trinajstić information content (AvgIpc) is 2.44. The molecule has 1 N–H and O–H groups in total. The van der Waals surface area contributed by atoms with Gasteiger partial charge in [-0.15, -0.1) is 0 Å². The molecule has 1 aromatic rings. The van der Waals surface area contributed by atoms with Crippen LogP contribution in [0, 0.1) is 0 Å². The van der Waals surface area contributed by atoms with Crippen LogP contribution in [0.5, 0.6) is 5.75 Å². The van der Waals surface area contributed by atoms with Crippen LogP contribution in [0.2, 0.25) is 0 Å². The number of nitrogens with zero attached hydrogens (tertiary/aromatic N) is 1. The van der Waals surface area contributed by atoms with Crippen LogP contribution in [0.15, 0.2) is 24.3 Å². The van der Waals surface area contributed by atoms with Crippen LogP contribution in [-0.4, -0.2) is 43.2 Å². The number of rotatable bonds is 7. The maximum atomic E-state index is 12.1. The second kappa shape index (κ2) is 7.87. The molecular formula is C14H19F3N2O2. The number of nitrogens with one attached hydrogen (secondary N) is 1. The minimum absolute atomic E-state index is 0.0772. The number of hydrogen-bond acceptors (Lipinski definition) is 3. The Balaban J connectivity index is 2.45. The van der Waals surface area contributed by atoms with Crippen LogP contribution in [0.3, 0.4) is 0 Å². The van der Waals surface area contributed by atoms with Crippen LogP contribution in [0.25, 0.3) is 0 Å². The summed E-state index contributed by atoms with van der Waals surface area (Å²) in [6.07, 6.45) is -4.89. The summed E-state index contributed by atoms with van der Waals surface area (Å²) in [5.41, 5.74) is 0.0772. The van der Waals surface area contributed by atoms with Crippen molar-refractivity contribution >= 4 is 11.6 Å². The first-order chi connectivity index (χ1) is 9.86.